The average molecular weight is 325 g/mol. The molecule has 0 aromatic heterocycles. The molecule has 0 bridgehead atoms. The van der Waals surface area contributed by atoms with Crippen LogP contribution in [-0.2, 0) is 108 Å². The third-order valence-corrected chi connectivity index (χ3v) is 0. The molecule has 7 heavy (non-hydrogen) atoms. The summed E-state index contributed by atoms with van der Waals surface area (Å²) in [7, 11) is 0. The largest absolute Gasteiger partial charge is 3.00 e. The third-order valence-electron chi connectivity index (χ3n) is 0. The Bertz CT molecular complexity index is 10.9. The Hall–Kier alpha value is 3.08. The molecule has 0 saturated heterocycles. The summed E-state index contributed by atoms with van der Waals surface area (Å²) in [6, 6.07) is 0. The first-order chi connectivity index (χ1) is 0. The van der Waals surface area contributed by atoms with Gasteiger partial charge in [0, 0.05) is 33.0 Å². The summed E-state index contributed by atoms with van der Waals surface area (Å²) in [5.41, 5.74) is 0. The fourth-order valence-electron chi connectivity index (χ4n) is 0. The van der Waals surface area contributed by atoms with E-state index < -0.39 is 0 Å². The van der Waals surface area contributed by atoms with Gasteiger partial charge in [-0.05, 0) is 0 Å². The van der Waals surface area contributed by atoms with Crippen molar-refractivity contribution < 1.29 is 67.1 Å². The van der Waals surface area contributed by atoms with Gasteiger partial charge in [-0.25, -0.2) is 0 Å². The molecule has 0 saturated carbocycles. The van der Waals surface area contributed by atoms with E-state index in [4.69, 9.17) is 0 Å². The first-order valence-electron chi connectivity index (χ1n) is 0. The Morgan fingerprint density at radius 1 is 0.429 bits per heavy atom. The summed E-state index contributed by atoms with van der Waals surface area (Å²) in [5, 5.41) is 0. The normalized spacial score (nSPS) is 0. The molecule has 0 nitrogen and oxygen atoms in total. The zero-order valence-corrected chi connectivity index (χ0v) is 9.20. The number of hydrogen-bond acceptors (Lipinski definition) is 0. The molecule has 0 rings (SSSR count). The van der Waals surface area contributed by atoms with Crippen LogP contribution in [-0.4, -0.2) is 0 Å². The van der Waals surface area contributed by atoms with Crippen LogP contribution in [0.25, 0.3) is 0 Å². The fraction of sp³-hybridized carbons (Fsp3) is 0. The van der Waals surface area contributed by atoms with Crippen LogP contribution in [0.15, 0.2) is 0 Å². The molecular weight excluding hydrogens is 325 g/mol. The molecule has 0 aromatic carbocycles. The molecule has 0 aliphatic carbocycles. The van der Waals surface area contributed by atoms with E-state index in [9.17, 15) is 0 Å². The molecule has 0 atom stereocenters. The Labute approximate surface area is 106 Å². The van der Waals surface area contributed by atoms with E-state index in [1.165, 1.54) is 0 Å². The van der Waals surface area contributed by atoms with Crippen molar-refractivity contribution >= 4 is 40.5 Å². The minimum Gasteiger partial charge on any atom is -2.00 e. The van der Waals surface area contributed by atoms with Gasteiger partial charge < -0.3 is 40.5 Å². The molecule has 0 N–H and O–H groups in total. The van der Waals surface area contributed by atoms with Crippen molar-refractivity contribution in [1.82, 2.24) is 0 Å². The summed E-state index contributed by atoms with van der Waals surface area (Å²) < 4.78 is 0. The molecule has 0 heterocycles. The first kappa shape index (κ1) is 87.7. The number of hydrogen-bond donors (Lipinski definition) is 0. The number of rotatable bonds is 0. The minimum atomic E-state index is 0. The molecule has 0 fully saturated rings. The molecule has 2 radical (unpaired) electrons. The van der Waals surface area contributed by atoms with Crippen molar-refractivity contribution in [2.75, 3.05) is 0 Å². The van der Waals surface area contributed by atoms with Gasteiger partial charge in [0.25, 0.3) is 0 Å². The maximum absolute atomic E-state index is 0. The van der Waals surface area contributed by atoms with E-state index in [1.807, 2.05) is 0 Å². The second-order valence-electron chi connectivity index (χ2n) is 0. The van der Waals surface area contributed by atoms with Crippen LogP contribution in [0.1, 0.15) is 0 Å². The predicted molar refractivity (Wildman–Crippen MR) is 22.1 cm³/mol. The smallest absolute Gasteiger partial charge is 2.00 e. The molecule has 0 aliphatic rings. The average Bonchev–Trinajstić information content (AvgIpc) is 0. The van der Waals surface area contributed by atoms with Crippen molar-refractivity contribution in [3.63, 3.8) is 0 Å². The fourth-order valence-corrected chi connectivity index (χ4v) is 0. The molecule has 0 aliphatic heterocycles. The monoisotopic (exact) mass is 324 g/mol. The first-order valence-corrected chi connectivity index (χ1v) is 0. The van der Waals surface area contributed by atoms with Crippen molar-refractivity contribution in [1.29, 1.82) is 0 Å². The van der Waals surface area contributed by atoms with E-state index in [0.717, 1.165) is 0 Å². The molecular formula is Fe2Ni2S3. The summed E-state index contributed by atoms with van der Waals surface area (Å²) in [5.74, 6) is 0. The van der Waals surface area contributed by atoms with E-state index >= 15 is 0 Å². The summed E-state index contributed by atoms with van der Waals surface area (Å²) in [6.45, 7) is 0. The van der Waals surface area contributed by atoms with Crippen LogP contribution in [0.2, 0.25) is 0 Å². The van der Waals surface area contributed by atoms with E-state index in [2.05, 4.69) is 0 Å². The van der Waals surface area contributed by atoms with E-state index in [0.29, 0.717) is 0 Å². The Balaban J connectivity index is 0. The van der Waals surface area contributed by atoms with Gasteiger partial charge in [-0.1, -0.05) is 0 Å². The zero-order valence-electron chi connectivity index (χ0n) is 2.56. The maximum Gasteiger partial charge on any atom is 3.00 e. The standard InChI is InChI=1S/2Fe.2Ni.3S/q2*+3;;;3*-2. The van der Waals surface area contributed by atoms with Crippen LogP contribution in [0, 0.1) is 0 Å². The molecule has 54 valence electrons. The van der Waals surface area contributed by atoms with E-state index in [1.54, 1.807) is 0 Å². The Morgan fingerprint density at radius 2 is 0.429 bits per heavy atom. The third kappa shape index (κ3) is 48.0. The van der Waals surface area contributed by atoms with Crippen LogP contribution >= 0.6 is 0 Å². The molecule has 0 aromatic rings. The second kappa shape index (κ2) is 62.6. The maximum atomic E-state index is 0. The predicted octanol–water partition coefficient (Wildman–Crippen LogP) is -0.0172. The quantitative estimate of drug-likeness (QED) is 0.550. The van der Waals surface area contributed by atoms with Crippen molar-refractivity contribution in [2.45, 2.75) is 0 Å². The van der Waals surface area contributed by atoms with Gasteiger partial charge >= 0.3 is 34.1 Å². The van der Waals surface area contributed by atoms with Gasteiger partial charge in [0.15, 0.2) is 0 Å². The Kier molecular flexibility index (Phi) is 784. The molecule has 7 heteroatoms. The summed E-state index contributed by atoms with van der Waals surface area (Å²) in [6.07, 6.45) is 0. The van der Waals surface area contributed by atoms with Gasteiger partial charge in [0.05, 0.1) is 0 Å². The van der Waals surface area contributed by atoms with Gasteiger partial charge in [-0.2, -0.15) is 0 Å². The van der Waals surface area contributed by atoms with Crippen molar-refractivity contribution in [2.24, 2.45) is 0 Å². The summed E-state index contributed by atoms with van der Waals surface area (Å²) >= 11 is 0. The van der Waals surface area contributed by atoms with Crippen LogP contribution in [0.4, 0.5) is 0 Å². The molecule has 0 amide bonds. The Morgan fingerprint density at radius 3 is 0.429 bits per heavy atom. The molecule has 0 spiro atoms. The van der Waals surface area contributed by atoms with Crippen molar-refractivity contribution in [3.8, 4) is 0 Å². The van der Waals surface area contributed by atoms with Gasteiger partial charge in [0.1, 0.15) is 0 Å². The molecule has 0 unspecified atom stereocenters. The van der Waals surface area contributed by atoms with Gasteiger partial charge in [-0.15, -0.1) is 0 Å². The van der Waals surface area contributed by atoms with Crippen LogP contribution in [0.5, 0.6) is 0 Å². The second-order valence-corrected chi connectivity index (χ2v) is 0. The zero-order chi connectivity index (χ0) is 0. The van der Waals surface area contributed by atoms with Crippen LogP contribution < -0.4 is 0 Å². The topological polar surface area (TPSA) is 0 Å². The van der Waals surface area contributed by atoms with E-state index in [-0.39, 0.29) is 108 Å². The summed E-state index contributed by atoms with van der Waals surface area (Å²) in [4.78, 5) is 0. The van der Waals surface area contributed by atoms with Crippen molar-refractivity contribution in [3.05, 3.63) is 0 Å². The van der Waals surface area contributed by atoms with Crippen LogP contribution in [0.3, 0.4) is 0 Å². The SMILES string of the molecule is [Fe+3].[Fe+3].[Ni].[Ni].[S-2].[S-2].[S-2]. The van der Waals surface area contributed by atoms with Gasteiger partial charge in [0.2, 0.25) is 0 Å². The van der Waals surface area contributed by atoms with Gasteiger partial charge in [-0.3, -0.25) is 0 Å². The minimum absolute atomic E-state index is 0.